The maximum atomic E-state index is 10.9. The summed E-state index contributed by atoms with van der Waals surface area (Å²) in [5.74, 6) is 0.0945. The molecule has 0 heterocycles. The van der Waals surface area contributed by atoms with Crippen molar-refractivity contribution in [3.8, 4) is 16.9 Å². The van der Waals surface area contributed by atoms with Gasteiger partial charge in [0.05, 0.1) is 0 Å². The second-order valence-electron chi connectivity index (χ2n) is 4.38. The molecule has 0 atom stereocenters. The predicted octanol–water partition coefficient (Wildman–Crippen LogP) is 3.24. The molecule has 2 aromatic rings. The molecule has 0 saturated carbocycles. The van der Waals surface area contributed by atoms with Crippen LogP contribution in [0.1, 0.15) is 13.8 Å². The number of rotatable bonds is 3. The lowest BCUT2D eigenvalue weighted by atomic mass is 10.1. The molecular formula is C16H15NO3. The van der Waals surface area contributed by atoms with Crippen molar-refractivity contribution in [2.45, 2.75) is 13.8 Å². The van der Waals surface area contributed by atoms with Crippen LogP contribution in [0.2, 0.25) is 0 Å². The van der Waals surface area contributed by atoms with Gasteiger partial charge in [0, 0.05) is 19.5 Å². The maximum Gasteiger partial charge on any atom is 0.308 e. The average molecular weight is 269 g/mol. The number of carbonyl (C=O) groups excluding carboxylic acids is 2. The number of carbonyl (C=O) groups is 2. The van der Waals surface area contributed by atoms with E-state index >= 15 is 0 Å². The number of nitrogens with one attached hydrogen (secondary N) is 1. The highest BCUT2D eigenvalue weighted by Crippen LogP contribution is 2.24. The first kappa shape index (κ1) is 13.8. The zero-order chi connectivity index (χ0) is 14.5. The number of benzene rings is 2. The minimum absolute atomic E-state index is 0.0940. The van der Waals surface area contributed by atoms with Crippen LogP contribution < -0.4 is 10.1 Å². The Labute approximate surface area is 117 Å². The van der Waals surface area contributed by atoms with Crippen molar-refractivity contribution in [3.05, 3.63) is 48.5 Å². The fourth-order valence-corrected chi connectivity index (χ4v) is 1.83. The summed E-state index contributed by atoms with van der Waals surface area (Å²) in [6, 6.07) is 14.8. The van der Waals surface area contributed by atoms with E-state index in [4.69, 9.17) is 4.74 Å². The molecule has 2 rings (SSSR count). The fourth-order valence-electron chi connectivity index (χ4n) is 1.83. The summed E-state index contributed by atoms with van der Waals surface area (Å²) in [5, 5.41) is 2.72. The first-order valence-electron chi connectivity index (χ1n) is 6.21. The van der Waals surface area contributed by atoms with Crippen LogP contribution in [0.15, 0.2) is 48.5 Å². The van der Waals surface area contributed by atoms with Gasteiger partial charge in [0.15, 0.2) is 0 Å². The quantitative estimate of drug-likeness (QED) is 0.687. The highest BCUT2D eigenvalue weighted by Gasteiger charge is 2.01. The summed E-state index contributed by atoms with van der Waals surface area (Å²) >= 11 is 0. The lowest BCUT2D eigenvalue weighted by molar-refractivity contribution is -0.131. The molecule has 4 heteroatoms. The molecule has 0 unspecified atom stereocenters. The summed E-state index contributed by atoms with van der Waals surface area (Å²) in [6.07, 6.45) is 0. The third-order valence-electron chi connectivity index (χ3n) is 2.65. The Balaban J connectivity index is 2.15. The van der Waals surface area contributed by atoms with Crippen LogP contribution in [0.5, 0.6) is 5.75 Å². The van der Waals surface area contributed by atoms with E-state index in [0.29, 0.717) is 5.75 Å². The Morgan fingerprint density at radius 2 is 1.35 bits per heavy atom. The molecule has 0 spiro atoms. The van der Waals surface area contributed by atoms with E-state index in [1.807, 2.05) is 36.4 Å². The van der Waals surface area contributed by atoms with E-state index in [1.54, 1.807) is 12.1 Å². The molecule has 102 valence electrons. The van der Waals surface area contributed by atoms with Crippen molar-refractivity contribution < 1.29 is 14.3 Å². The van der Waals surface area contributed by atoms with E-state index in [9.17, 15) is 9.59 Å². The van der Waals surface area contributed by atoms with Gasteiger partial charge in [-0.3, -0.25) is 9.59 Å². The number of amides is 1. The summed E-state index contributed by atoms with van der Waals surface area (Å²) in [5.41, 5.74) is 2.79. The second-order valence-corrected chi connectivity index (χ2v) is 4.38. The average Bonchev–Trinajstić information content (AvgIpc) is 2.39. The minimum atomic E-state index is -0.336. The van der Waals surface area contributed by atoms with E-state index in [0.717, 1.165) is 16.8 Å². The van der Waals surface area contributed by atoms with E-state index in [2.05, 4.69) is 5.32 Å². The molecule has 1 amide bonds. The number of hydrogen-bond donors (Lipinski definition) is 1. The Morgan fingerprint density at radius 1 is 0.850 bits per heavy atom. The molecule has 0 bridgehead atoms. The van der Waals surface area contributed by atoms with Crippen LogP contribution in [0, 0.1) is 0 Å². The molecular weight excluding hydrogens is 254 g/mol. The molecule has 2 aromatic carbocycles. The number of esters is 1. The fraction of sp³-hybridized carbons (Fsp3) is 0.125. The smallest absolute Gasteiger partial charge is 0.308 e. The van der Waals surface area contributed by atoms with Crippen LogP contribution in [0.3, 0.4) is 0 Å². The monoisotopic (exact) mass is 269 g/mol. The van der Waals surface area contributed by atoms with Gasteiger partial charge in [-0.2, -0.15) is 0 Å². The van der Waals surface area contributed by atoms with E-state index in [-0.39, 0.29) is 11.9 Å². The molecule has 0 saturated heterocycles. The van der Waals surface area contributed by atoms with Crippen molar-refractivity contribution >= 4 is 17.6 Å². The van der Waals surface area contributed by atoms with E-state index in [1.165, 1.54) is 13.8 Å². The molecule has 0 aliphatic rings. The third-order valence-corrected chi connectivity index (χ3v) is 2.65. The zero-order valence-corrected chi connectivity index (χ0v) is 11.3. The van der Waals surface area contributed by atoms with Gasteiger partial charge in [0.2, 0.25) is 5.91 Å². The highest BCUT2D eigenvalue weighted by molar-refractivity contribution is 5.89. The van der Waals surface area contributed by atoms with Crippen molar-refractivity contribution in [1.29, 1.82) is 0 Å². The Hall–Kier alpha value is -2.62. The Morgan fingerprint density at radius 3 is 1.80 bits per heavy atom. The normalized spacial score (nSPS) is 9.90. The SMILES string of the molecule is CC(=O)Nc1ccc(-c2ccc(OC(C)=O)cc2)cc1. The van der Waals surface area contributed by atoms with Crippen LogP contribution >= 0.6 is 0 Å². The first-order valence-corrected chi connectivity index (χ1v) is 6.21. The van der Waals surface area contributed by atoms with Gasteiger partial charge in [0.25, 0.3) is 0 Å². The van der Waals surface area contributed by atoms with Gasteiger partial charge in [-0.15, -0.1) is 0 Å². The van der Waals surface area contributed by atoms with Crippen LogP contribution in [0.4, 0.5) is 5.69 Å². The highest BCUT2D eigenvalue weighted by atomic mass is 16.5. The summed E-state index contributed by atoms with van der Waals surface area (Å²) in [6.45, 7) is 2.84. The van der Waals surface area contributed by atoms with Crippen LogP contribution in [-0.2, 0) is 9.59 Å². The number of anilines is 1. The first-order chi connectivity index (χ1) is 9.54. The van der Waals surface area contributed by atoms with Crippen molar-refractivity contribution in [1.82, 2.24) is 0 Å². The van der Waals surface area contributed by atoms with Crippen molar-refractivity contribution in [2.24, 2.45) is 0 Å². The van der Waals surface area contributed by atoms with Gasteiger partial charge in [-0.05, 0) is 35.4 Å². The van der Waals surface area contributed by atoms with Crippen LogP contribution in [-0.4, -0.2) is 11.9 Å². The number of ether oxygens (including phenoxy) is 1. The van der Waals surface area contributed by atoms with Gasteiger partial charge >= 0.3 is 5.97 Å². The van der Waals surface area contributed by atoms with Gasteiger partial charge in [-0.25, -0.2) is 0 Å². The summed E-state index contributed by atoms with van der Waals surface area (Å²) in [4.78, 5) is 21.8. The molecule has 20 heavy (non-hydrogen) atoms. The standard InChI is InChI=1S/C16H15NO3/c1-11(18)17-15-7-3-13(4-8-15)14-5-9-16(10-6-14)20-12(2)19/h3-10H,1-2H3,(H,17,18). The summed E-state index contributed by atoms with van der Waals surface area (Å²) in [7, 11) is 0. The zero-order valence-electron chi connectivity index (χ0n) is 11.3. The second kappa shape index (κ2) is 6.02. The Bertz CT molecular complexity index is 558. The molecule has 0 aliphatic carbocycles. The lowest BCUT2D eigenvalue weighted by Crippen LogP contribution is -2.05. The molecule has 1 N–H and O–H groups in total. The third kappa shape index (κ3) is 3.68. The molecule has 0 fully saturated rings. The minimum Gasteiger partial charge on any atom is -0.427 e. The summed E-state index contributed by atoms with van der Waals surface area (Å²) < 4.78 is 4.98. The molecule has 0 aliphatic heterocycles. The molecule has 0 radical (unpaired) electrons. The van der Waals surface area contributed by atoms with Gasteiger partial charge in [-0.1, -0.05) is 24.3 Å². The van der Waals surface area contributed by atoms with Crippen molar-refractivity contribution in [3.63, 3.8) is 0 Å². The topological polar surface area (TPSA) is 55.4 Å². The number of hydrogen-bond acceptors (Lipinski definition) is 3. The largest absolute Gasteiger partial charge is 0.427 e. The molecule has 4 nitrogen and oxygen atoms in total. The maximum absolute atomic E-state index is 10.9. The van der Waals surface area contributed by atoms with Gasteiger partial charge < -0.3 is 10.1 Å². The lowest BCUT2D eigenvalue weighted by Gasteiger charge is -2.06. The van der Waals surface area contributed by atoms with Crippen LogP contribution in [0.25, 0.3) is 11.1 Å². The van der Waals surface area contributed by atoms with E-state index < -0.39 is 0 Å². The van der Waals surface area contributed by atoms with Crippen molar-refractivity contribution in [2.75, 3.05) is 5.32 Å². The molecule has 0 aromatic heterocycles. The predicted molar refractivity (Wildman–Crippen MR) is 77.5 cm³/mol. The Kier molecular flexibility index (Phi) is 4.15. The van der Waals surface area contributed by atoms with Gasteiger partial charge in [0.1, 0.15) is 5.75 Å².